The van der Waals surface area contributed by atoms with E-state index in [9.17, 15) is 8.42 Å². The van der Waals surface area contributed by atoms with E-state index in [1.54, 1.807) is 24.3 Å². The van der Waals surface area contributed by atoms with Gasteiger partial charge in [-0.1, -0.05) is 29.3 Å². The summed E-state index contributed by atoms with van der Waals surface area (Å²) in [5, 5.41) is 1.87. The summed E-state index contributed by atoms with van der Waals surface area (Å²) in [6, 6.07) is 8.44. The maximum absolute atomic E-state index is 11.9. The van der Waals surface area contributed by atoms with Crippen LogP contribution >= 0.6 is 22.9 Å². The van der Waals surface area contributed by atoms with Gasteiger partial charge in [0, 0.05) is 0 Å². The van der Waals surface area contributed by atoms with Crippen molar-refractivity contribution in [3.63, 3.8) is 0 Å². The highest BCUT2D eigenvalue weighted by molar-refractivity contribution is 7.86. The molecule has 0 aliphatic heterocycles. The van der Waals surface area contributed by atoms with Crippen molar-refractivity contribution in [2.45, 2.75) is 18.2 Å². The van der Waals surface area contributed by atoms with E-state index in [1.807, 2.05) is 18.4 Å². The largest absolute Gasteiger partial charge is 0.296 e. The second-order valence-electron chi connectivity index (χ2n) is 4.06. The zero-order valence-electron chi connectivity index (χ0n) is 10.3. The number of thiophene rings is 1. The SMILES string of the molecule is Cc1ccc(S(=O)(=O)OCCc2ccsc2Cl)cc1. The molecule has 1 aromatic carbocycles. The molecule has 0 N–H and O–H groups in total. The third-order valence-corrected chi connectivity index (χ3v) is 5.19. The lowest BCUT2D eigenvalue weighted by Crippen LogP contribution is -2.09. The molecular formula is C13H13ClO3S2. The Hall–Kier alpha value is -0.880. The Morgan fingerprint density at radius 2 is 1.89 bits per heavy atom. The summed E-state index contributed by atoms with van der Waals surface area (Å²) >= 11 is 7.36. The molecule has 1 aromatic heterocycles. The van der Waals surface area contributed by atoms with Crippen LogP contribution in [0.4, 0.5) is 0 Å². The fourth-order valence-corrected chi connectivity index (χ4v) is 3.43. The van der Waals surface area contributed by atoms with Crippen LogP contribution in [0.25, 0.3) is 0 Å². The number of hydrogen-bond donors (Lipinski definition) is 0. The second-order valence-corrected chi connectivity index (χ2v) is 7.19. The average molecular weight is 317 g/mol. The predicted molar refractivity (Wildman–Crippen MR) is 77.3 cm³/mol. The van der Waals surface area contributed by atoms with Crippen LogP contribution in [0.2, 0.25) is 4.34 Å². The molecule has 3 nitrogen and oxygen atoms in total. The van der Waals surface area contributed by atoms with Gasteiger partial charge in [-0.2, -0.15) is 8.42 Å². The van der Waals surface area contributed by atoms with Crippen LogP contribution in [-0.2, 0) is 20.7 Å². The minimum absolute atomic E-state index is 0.0899. The predicted octanol–water partition coefficient (Wildman–Crippen LogP) is 3.66. The van der Waals surface area contributed by atoms with E-state index in [1.165, 1.54) is 11.3 Å². The van der Waals surface area contributed by atoms with Crippen LogP contribution in [0.15, 0.2) is 40.6 Å². The van der Waals surface area contributed by atoms with Crippen LogP contribution in [0.3, 0.4) is 0 Å². The number of aryl methyl sites for hydroxylation is 1. The highest BCUT2D eigenvalue weighted by Crippen LogP contribution is 2.23. The van der Waals surface area contributed by atoms with E-state index < -0.39 is 10.1 Å². The minimum Gasteiger partial charge on any atom is -0.266 e. The Balaban J connectivity index is 1.98. The molecule has 0 aliphatic rings. The third kappa shape index (κ3) is 3.79. The van der Waals surface area contributed by atoms with Crippen molar-refractivity contribution in [1.82, 2.24) is 0 Å². The molecule has 0 saturated carbocycles. The van der Waals surface area contributed by atoms with Crippen molar-refractivity contribution < 1.29 is 12.6 Å². The first-order chi connectivity index (χ1) is 8.99. The highest BCUT2D eigenvalue weighted by Gasteiger charge is 2.15. The summed E-state index contributed by atoms with van der Waals surface area (Å²) in [4.78, 5) is 0.175. The van der Waals surface area contributed by atoms with Gasteiger partial charge in [-0.15, -0.1) is 11.3 Å². The Labute approximate surface area is 121 Å². The molecule has 102 valence electrons. The standard InChI is InChI=1S/C13H13ClO3S2/c1-10-2-4-12(5-3-10)19(15,16)17-8-6-11-7-9-18-13(11)14/h2-5,7,9H,6,8H2,1H3. The maximum Gasteiger partial charge on any atom is 0.296 e. The van der Waals surface area contributed by atoms with Crippen molar-refractivity contribution in [3.05, 3.63) is 51.2 Å². The summed E-state index contributed by atoms with van der Waals surface area (Å²) in [5.41, 5.74) is 1.91. The van der Waals surface area contributed by atoms with Gasteiger partial charge in [0.1, 0.15) is 0 Å². The number of benzene rings is 1. The molecule has 1 heterocycles. The van der Waals surface area contributed by atoms with Gasteiger partial charge < -0.3 is 0 Å². The fourth-order valence-electron chi connectivity index (χ4n) is 1.53. The maximum atomic E-state index is 11.9. The fraction of sp³-hybridized carbons (Fsp3) is 0.231. The lowest BCUT2D eigenvalue weighted by molar-refractivity contribution is 0.322. The third-order valence-electron chi connectivity index (χ3n) is 2.61. The van der Waals surface area contributed by atoms with E-state index in [4.69, 9.17) is 15.8 Å². The van der Waals surface area contributed by atoms with Crippen LogP contribution in [0.5, 0.6) is 0 Å². The minimum atomic E-state index is -3.68. The normalized spacial score (nSPS) is 11.7. The Morgan fingerprint density at radius 1 is 1.21 bits per heavy atom. The lowest BCUT2D eigenvalue weighted by atomic mass is 10.2. The zero-order valence-corrected chi connectivity index (χ0v) is 12.7. The summed E-state index contributed by atoms with van der Waals surface area (Å²) in [5.74, 6) is 0. The van der Waals surface area contributed by atoms with Crippen molar-refractivity contribution in [2.75, 3.05) is 6.61 Å². The molecule has 6 heteroatoms. The van der Waals surface area contributed by atoms with Gasteiger partial charge in [-0.25, -0.2) is 0 Å². The first kappa shape index (κ1) is 14.5. The molecule has 2 aromatic rings. The van der Waals surface area contributed by atoms with Gasteiger partial charge in [0.05, 0.1) is 15.8 Å². The van der Waals surface area contributed by atoms with Crippen molar-refractivity contribution in [1.29, 1.82) is 0 Å². The highest BCUT2D eigenvalue weighted by atomic mass is 35.5. The molecule has 0 amide bonds. The number of halogens is 1. The summed E-state index contributed by atoms with van der Waals surface area (Å²) in [7, 11) is -3.68. The summed E-state index contributed by atoms with van der Waals surface area (Å²) in [6.45, 7) is 1.99. The average Bonchev–Trinajstić information content (AvgIpc) is 2.75. The number of hydrogen-bond acceptors (Lipinski definition) is 4. The van der Waals surface area contributed by atoms with Gasteiger partial charge in [0.15, 0.2) is 0 Å². The van der Waals surface area contributed by atoms with Gasteiger partial charge in [-0.05, 0) is 42.5 Å². The molecule has 0 bridgehead atoms. The van der Waals surface area contributed by atoms with Crippen molar-refractivity contribution in [3.8, 4) is 0 Å². The molecule has 19 heavy (non-hydrogen) atoms. The molecule has 0 aliphatic carbocycles. The van der Waals surface area contributed by atoms with Crippen LogP contribution in [-0.4, -0.2) is 15.0 Å². The smallest absolute Gasteiger partial charge is 0.266 e. The summed E-state index contributed by atoms with van der Waals surface area (Å²) in [6.07, 6.45) is 0.480. The van der Waals surface area contributed by atoms with Crippen molar-refractivity contribution >= 4 is 33.1 Å². The lowest BCUT2D eigenvalue weighted by Gasteiger charge is -2.05. The molecule has 2 rings (SSSR count). The topological polar surface area (TPSA) is 43.4 Å². The van der Waals surface area contributed by atoms with E-state index in [0.717, 1.165) is 11.1 Å². The first-order valence-corrected chi connectivity index (χ1v) is 8.33. The first-order valence-electron chi connectivity index (χ1n) is 5.67. The van der Waals surface area contributed by atoms with Gasteiger partial charge >= 0.3 is 0 Å². The van der Waals surface area contributed by atoms with E-state index in [2.05, 4.69) is 0 Å². The van der Waals surface area contributed by atoms with Gasteiger partial charge in [0.25, 0.3) is 10.1 Å². The monoisotopic (exact) mass is 316 g/mol. The Bertz CT molecular complexity index is 645. The van der Waals surface area contributed by atoms with E-state index in [-0.39, 0.29) is 11.5 Å². The van der Waals surface area contributed by atoms with Crippen LogP contribution in [0, 0.1) is 6.92 Å². The van der Waals surface area contributed by atoms with Crippen LogP contribution in [0.1, 0.15) is 11.1 Å². The van der Waals surface area contributed by atoms with Gasteiger partial charge in [0.2, 0.25) is 0 Å². The second kappa shape index (κ2) is 6.05. The van der Waals surface area contributed by atoms with E-state index >= 15 is 0 Å². The summed E-state index contributed by atoms with van der Waals surface area (Å²) < 4.78 is 29.5. The molecule has 0 fully saturated rings. The Morgan fingerprint density at radius 3 is 2.47 bits per heavy atom. The molecule has 0 unspecified atom stereocenters. The zero-order chi connectivity index (χ0) is 13.9. The molecular weight excluding hydrogens is 304 g/mol. The molecule has 0 spiro atoms. The van der Waals surface area contributed by atoms with Crippen LogP contribution < -0.4 is 0 Å². The van der Waals surface area contributed by atoms with Gasteiger partial charge in [-0.3, -0.25) is 4.18 Å². The number of rotatable bonds is 5. The molecule has 0 saturated heterocycles. The van der Waals surface area contributed by atoms with Crippen molar-refractivity contribution in [2.24, 2.45) is 0 Å². The molecule has 0 atom stereocenters. The molecule has 0 radical (unpaired) electrons. The van der Waals surface area contributed by atoms with E-state index in [0.29, 0.717) is 10.8 Å². The quantitative estimate of drug-likeness (QED) is 0.791. The Kier molecular flexibility index (Phi) is 4.62.